The second kappa shape index (κ2) is 12.4. The van der Waals surface area contributed by atoms with Gasteiger partial charge >= 0.3 is 18.0 Å². The van der Waals surface area contributed by atoms with E-state index in [0.717, 1.165) is 23.3 Å². The molecule has 0 atom stereocenters. The Hall–Kier alpha value is -4.85. The molecule has 0 bridgehead atoms. The molecule has 0 heterocycles. The van der Waals surface area contributed by atoms with Crippen molar-refractivity contribution in [1.29, 1.82) is 0 Å². The number of carboxylic acids is 2. The monoisotopic (exact) mass is 512 g/mol. The minimum atomic E-state index is -1.07. The van der Waals surface area contributed by atoms with E-state index in [9.17, 15) is 14.4 Å². The molecule has 38 heavy (non-hydrogen) atoms. The maximum absolute atomic E-state index is 12.4. The molecule has 0 spiro atoms. The van der Waals surface area contributed by atoms with Crippen LogP contribution in [0.1, 0.15) is 34.6 Å². The van der Waals surface area contributed by atoms with Gasteiger partial charge in [0.15, 0.2) is 0 Å². The van der Waals surface area contributed by atoms with Gasteiger partial charge in [0.05, 0.1) is 0 Å². The van der Waals surface area contributed by atoms with Crippen LogP contribution in [-0.4, -0.2) is 47.9 Å². The molecule has 0 aromatic heterocycles. The minimum absolute atomic E-state index is 0.00505. The van der Waals surface area contributed by atoms with Crippen LogP contribution in [0.15, 0.2) is 78.9 Å². The van der Waals surface area contributed by atoms with Crippen LogP contribution in [0.2, 0.25) is 0 Å². The first-order valence-corrected chi connectivity index (χ1v) is 12.2. The summed E-state index contributed by atoms with van der Waals surface area (Å²) >= 11 is 0. The van der Waals surface area contributed by atoms with Gasteiger partial charge in [-0.3, -0.25) is 0 Å². The predicted molar refractivity (Wildman–Crippen MR) is 146 cm³/mol. The van der Waals surface area contributed by atoms with E-state index < -0.39 is 18.0 Å². The predicted octanol–water partition coefficient (Wildman–Crippen LogP) is 5.22. The van der Waals surface area contributed by atoms with Gasteiger partial charge in [-0.15, -0.1) is 0 Å². The van der Waals surface area contributed by atoms with Gasteiger partial charge in [0.25, 0.3) is 0 Å². The van der Waals surface area contributed by atoms with Gasteiger partial charge in [-0.05, 0) is 58.0 Å². The van der Waals surface area contributed by atoms with Crippen molar-refractivity contribution < 1.29 is 29.3 Å². The highest BCUT2D eigenvalue weighted by molar-refractivity contribution is 5.88. The Kier molecular flexibility index (Phi) is 8.56. The van der Waals surface area contributed by atoms with Crippen LogP contribution < -0.4 is 10.6 Å². The van der Waals surface area contributed by atoms with Gasteiger partial charge in [-0.2, -0.15) is 0 Å². The number of amides is 1. The summed E-state index contributed by atoms with van der Waals surface area (Å²) in [6, 6.07) is 21.5. The summed E-state index contributed by atoms with van der Waals surface area (Å²) in [7, 11) is 0. The average molecular weight is 513 g/mol. The van der Waals surface area contributed by atoms with Crippen molar-refractivity contribution in [3.05, 3.63) is 101 Å². The Morgan fingerprint density at radius 2 is 1.45 bits per heavy atom. The van der Waals surface area contributed by atoms with E-state index in [2.05, 4.69) is 34.9 Å². The number of hydrogen-bond donors (Lipinski definition) is 4. The van der Waals surface area contributed by atoms with Crippen molar-refractivity contribution in [1.82, 2.24) is 5.32 Å². The number of hydrogen-bond acceptors (Lipinski definition) is 5. The molecule has 0 aliphatic heterocycles. The number of ether oxygens (including phenoxy) is 1. The van der Waals surface area contributed by atoms with Crippen molar-refractivity contribution in [2.24, 2.45) is 0 Å². The third-order valence-electron chi connectivity index (χ3n) is 6.18. The summed E-state index contributed by atoms with van der Waals surface area (Å²) in [4.78, 5) is 34.1. The third kappa shape index (κ3) is 6.67. The van der Waals surface area contributed by atoms with Crippen LogP contribution in [-0.2, 0) is 14.3 Å². The molecular weight excluding hydrogens is 484 g/mol. The van der Waals surface area contributed by atoms with Crippen LogP contribution in [0.25, 0.3) is 23.3 Å². The molecule has 0 saturated carbocycles. The molecule has 1 aliphatic carbocycles. The van der Waals surface area contributed by atoms with Gasteiger partial charge in [0.1, 0.15) is 6.61 Å². The van der Waals surface area contributed by atoms with Gasteiger partial charge in [0.2, 0.25) is 0 Å². The summed E-state index contributed by atoms with van der Waals surface area (Å²) in [6.07, 6.45) is 5.08. The van der Waals surface area contributed by atoms with Crippen molar-refractivity contribution >= 4 is 35.9 Å². The molecule has 0 radical (unpaired) electrons. The van der Waals surface area contributed by atoms with Gasteiger partial charge in [-0.1, -0.05) is 60.7 Å². The summed E-state index contributed by atoms with van der Waals surface area (Å²) in [5, 5.41) is 23.8. The van der Waals surface area contributed by atoms with E-state index in [0.29, 0.717) is 36.3 Å². The Morgan fingerprint density at radius 1 is 0.816 bits per heavy atom. The number of rotatable bonds is 11. The number of carboxylic acid groups (broad SMARTS) is 2. The van der Waals surface area contributed by atoms with E-state index in [1.54, 1.807) is 18.2 Å². The molecule has 8 heteroatoms. The molecule has 8 nitrogen and oxygen atoms in total. The van der Waals surface area contributed by atoms with Crippen molar-refractivity contribution in [2.75, 3.05) is 25.0 Å². The summed E-state index contributed by atoms with van der Waals surface area (Å²) in [5.74, 6) is -2.14. The minimum Gasteiger partial charge on any atom is -0.478 e. The first-order chi connectivity index (χ1) is 18.4. The van der Waals surface area contributed by atoms with Gasteiger partial charge in [0, 0.05) is 36.8 Å². The lowest BCUT2D eigenvalue weighted by Crippen LogP contribution is -2.28. The SMILES string of the molecule is O=C(O)/C=C/c1ccc(/C=C/C(=O)O)c(NCCCNC(=O)OCC2c3ccccc3-c3ccccc32)c1. The van der Waals surface area contributed by atoms with Crippen LogP contribution >= 0.6 is 0 Å². The molecule has 0 saturated heterocycles. The molecule has 3 aromatic rings. The summed E-state index contributed by atoms with van der Waals surface area (Å²) in [6.45, 7) is 1.11. The molecule has 4 N–H and O–H groups in total. The van der Waals surface area contributed by atoms with E-state index in [4.69, 9.17) is 14.9 Å². The quantitative estimate of drug-likeness (QED) is 0.205. The fourth-order valence-electron chi connectivity index (χ4n) is 4.46. The summed E-state index contributed by atoms with van der Waals surface area (Å²) in [5.41, 5.74) is 6.59. The first-order valence-electron chi connectivity index (χ1n) is 12.2. The number of carbonyl (C=O) groups excluding carboxylic acids is 1. The molecule has 1 amide bonds. The zero-order valence-electron chi connectivity index (χ0n) is 20.6. The fourth-order valence-corrected chi connectivity index (χ4v) is 4.46. The largest absolute Gasteiger partial charge is 0.478 e. The number of carbonyl (C=O) groups is 3. The molecule has 4 rings (SSSR count). The van der Waals surface area contributed by atoms with E-state index in [-0.39, 0.29) is 12.5 Å². The van der Waals surface area contributed by atoms with E-state index in [1.807, 2.05) is 24.3 Å². The Labute approximate surface area is 220 Å². The Balaban J connectivity index is 1.27. The lowest BCUT2D eigenvalue weighted by atomic mass is 9.98. The van der Waals surface area contributed by atoms with Crippen molar-refractivity contribution in [3.8, 4) is 11.1 Å². The third-order valence-corrected chi connectivity index (χ3v) is 6.18. The van der Waals surface area contributed by atoms with Gasteiger partial charge in [-0.25, -0.2) is 14.4 Å². The first kappa shape index (κ1) is 26.2. The molecule has 1 aliphatic rings. The molecule has 194 valence electrons. The standard InChI is InChI=1S/C30H28N2O6/c33-28(34)14-11-20-10-12-21(13-15-29(35)36)27(18-20)31-16-5-17-32-30(37)38-19-26-24-8-3-1-6-22(24)23-7-2-4-9-25(23)26/h1-4,6-15,18,26,31H,5,16-17,19H2,(H,32,37)(H,33,34)(H,35,36)/b14-11+,15-13+. The van der Waals surface area contributed by atoms with Crippen LogP contribution in [0.4, 0.5) is 10.5 Å². The molecule has 0 fully saturated rings. The van der Waals surface area contributed by atoms with Crippen LogP contribution in [0, 0.1) is 0 Å². The lowest BCUT2D eigenvalue weighted by molar-refractivity contribution is -0.132. The van der Waals surface area contributed by atoms with E-state index >= 15 is 0 Å². The van der Waals surface area contributed by atoms with Gasteiger partial charge < -0.3 is 25.6 Å². The fraction of sp³-hybridized carbons (Fsp3) is 0.167. The second-order valence-corrected chi connectivity index (χ2v) is 8.72. The highest BCUT2D eigenvalue weighted by atomic mass is 16.5. The number of benzene rings is 3. The highest BCUT2D eigenvalue weighted by Crippen LogP contribution is 2.44. The van der Waals surface area contributed by atoms with Crippen molar-refractivity contribution in [2.45, 2.75) is 12.3 Å². The molecule has 0 unspecified atom stereocenters. The maximum Gasteiger partial charge on any atom is 0.407 e. The zero-order chi connectivity index (χ0) is 26.9. The average Bonchev–Trinajstić information content (AvgIpc) is 3.23. The number of nitrogens with one attached hydrogen (secondary N) is 2. The number of fused-ring (bicyclic) bond motifs is 3. The maximum atomic E-state index is 12.4. The smallest absolute Gasteiger partial charge is 0.407 e. The normalized spacial score (nSPS) is 12.3. The number of anilines is 1. The van der Waals surface area contributed by atoms with Crippen molar-refractivity contribution in [3.63, 3.8) is 0 Å². The van der Waals surface area contributed by atoms with E-state index in [1.165, 1.54) is 23.3 Å². The van der Waals surface area contributed by atoms with Crippen LogP contribution in [0.5, 0.6) is 0 Å². The second-order valence-electron chi connectivity index (χ2n) is 8.72. The highest BCUT2D eigenvalue weighted by Gasteiger charge is 2.28. The number of alkyl carbamates (subject to hydrolysis) is 1. The molecule has 3 aromatic carbocycles. The lowest BCUT2D eigenvalue weighted by Gasteiger charge is -2.15. The molecular formula is C30H28N2O6. The van der Waals surface area contributed by atoms with Crippen LogP contribution in [0.3, 0.4) is 0 Å². The zero-order valence-corrected chi connectivity index (χ0v) is 20.6. The Morgan fingerprint density at radius 3 is 2.11 bits per heavy atom. The summed E-state index contributed by atoms with van der Waals surface area (Å²) < 4.78 is 5.55. The Bertz CT molecular complexity index is 1350. The topological polar surface area (TPSA) is 125 Å². The number of aliphatic carboxylic acids is 2.